The van der Waals surface area contributed by atoms with Gasteiger partial charge in [-0.25, -0.2) is 0 Å². The lowest BCUT2D eigenvalue weighted by atomic mass is 10.1. The fourth-order valence-electron chi connectivity index (χ4n) is 3.09. The largest absolute Gasteiger partial charge is 0.493 e. The van der Waals surface area contributed by atoms with Crippen molar-refractivity contribution in [2.45, 2.75) is 13.0 Å². The molecule has 6 nitrogen and oxygen atoms in total. The molecule has 3 N–H and O–H groups in total. The zero-order chi connectivity index (χ0) is 19.9. The first-order chi connectivity index (χ1) is 13.7. The fourth-order valence-corrected chi connectivity index (χ4v) is 3.55. The van der Waals surface area contributed by atoms with Crippen LogP contribution in [0.2, 0.25) is 0 Å². The smallest absolute Gasteiger partial charge is 0.191 e. The minimum Gasteiger partial charge on any atom is -0.493 e. The van der Waals surface area contributed by atoms with E-state index in [4.69, 9.17) is 9.47 Å². The number of para-hydroxylation sites is 1. The van der Waals surface area contributed by atoms with Crippen LogP contribution in [0, 0.1) is 0 Å². The highest BCUT2D eigenvalue weighted by molar-refractivity contribution is 14.0. The van der Waals surface area contributed by atoms with Gasteiger partial charge >= 0.3 is 0 Å². The molecule has 1 aromatic heterocycles. The molecule has 0 aliphatic carbocycles. The number of benzene rings is 2. The minimum atomic E-state index is 0. The Bertz CT molecular complexity index is 974. The number of rotatable bonds is 7. The van der Waals surface area contributed by atoms with E-state index in [1.807, 2.05) is 18.2 Å². The summed E-state index contributed by atoms with van der Waals surface area (Å²) in [6.45, 7) is 1.39. The summed E-state index contributed by atoms with van der Waals surface area (Å²) < 4.78 is 11.7. The summed E-state index contributed by atoms with van der Waals surface area (Å²) >= 11 is 3.59. The monoisotopic (exact) mass is 572 g/mol. The number of methoxy groups -OCH3 is 2. The summed E-state index contributed by atoms with van der Waals surface area (Å²) in [4.78, 5) is 7.62. The van der Waals surface area contributed by atoms with E-state index in [1.54, 1.807) is 21.3 Å². The molecule has 0 amide bonds. The number of aromatic nitrogens is 1. The van der Waals surface area contributed by atoms with E-state index in [0.717, 1.165) is 29.0 Å². The van der Waals surface area contributed by atoms with Gasteiger partial charge in [0.2, 0.25) is 0 Å². The number of hydrogen-bond acceptors (Lipinski definition) is 3. The van der Waals surface area contributed by atoms with Gasteiger partial charge in [-0.05, 0) is 35.7 Å². The molecule has 0 fully saturated rings. The molecule has 0 spiro atoms. The van der Waals surface area contributed by atoms with Gasteiger partial charge in [-0.3, -0.25) is 4.99 Å². The van der Waals surface area contributed by atoms with E-state index in [0.29, 0.717) is 18.0 Å². The average Bonchev–Trinajstić information content (AvgIpc) is 3.14. The molecular formula is C21H26BrIN4O2. The molecule has 0 radical (unpaired) electrons. The SMILES string of the molecule is CN=C(NCCc1c[nH]c2ccccc12)NCc1cc(OC)c(OC)cc1Br.I. The maximum absolute atomic E-state index is 5.38. The zero-order valence-corrected chi connectivity index (χ0v) is 20.6. The third kappa shape index (κ3) is 5.79. The number of nitrogens with zero attached hydrogens (tertiary/aromatic N) is 1. The van der Waals surface area contributed by atoms with Crippen LogP contribution in [0.25, 0.3) is 10.9 Å². The van der Waals surface area contributed by atoms with Crippen LogP contribution < -0.4 is 20.1 Å². The van der Waals surface area contributed by atoms with Gasteiger partial charge in [0, 0.05) is 41.7 Å². The highest BCUT2D eigenvalue weighted by Gasteiger charge is 2.10. The zero-order valence-electron chi connectivity index (χ0n) is 16.7. The van der Waals surface area contributed by atoms with Crippen molar-refractivity contribution in [2.75, 3.05) is 27.8 Å². The first kappa shape index (κ1) is 23.3. The topological polar surface area (TPSA) is 70.7 Å². The van der Waals surface area contributed by atoms with Crippen molar-refractivity contribution in [3.05, 3.63) is 58.2 Å². The Balaban J connectivity index is 0.00000300. The van der Waals surface area contributed by atoms with Gasteiger partial charge < -0.3 is 25.1 Å². The van der Waals surface area contributed by atoms with Crippen LogP contribution in [0.5, 0.6) is 11.5 Å². The summed E-state index contributed by atoms with van der Waals surface area (Å²) in [5.74, 6) is 2.14. The molecule has 0 bridgehead atoms. The lowest BCUT2D eigenvalue weighted by Gasteiger charge is -2.15. The molecular weight excluding hydrogens is 547 g/mol. The maximum atomic E-state index is 5.38. The molecule has 0 aliphatic rings. The normalized spacial score (nSPS) is 11.1. The number of guanidine groups is 1. The second kappa shape index (κ2) is 11.3. The number of fused-ring (bicyclic) bond motifs is 1. The number of halogens is 2. The third-order valence-corrected chi connectivity index (χ3v) is 5.32. The standard InChI is InChI=1S/C21H25BrN4O2.HI/c1-23-21(24-9-8-14-12-25-18-7-5-4-6-16(14)18)26-13-15-10-19(27-2)20(28-3)11-17(15)22;/h4-7,10-12,25H,8-9,13H2,1-3H3,(H2,23,24,26);1H. The third-order valence-electron chi connectivity index (χ3n) is 4.58. The summed E-state index contributed by atoms with van der Waals surface area (Å²) in [5, 5.41) is 7.97. The van der Waals surface area contributed by atoms with Crippen molar-refractivity contribution in [1.82, 2.24) is 15.6 Å². The van der Waals surface area contributed by atoms with Crippen LogP contribution >= 0.6 is 39.9 Å². The maximum Gasteiger partial charge on any atom is 0.191 e. The molecule has 0 saturated carbocycles. The van der Waals surface area contributed by atoms with Crippen LogP contribution in [0.1, 0.15) is 11.1 Å². The van der Waals surface area contributed by atoms with Crippen LogP contribution in [-0.2, 0) is 13.0 Å². The Morgan fingerprint density at radius 3 is 2.52 bits per heavy atom. The Morgan fingerprint density at radius 2 is 1.79 bits per heavy atom. The van der Waals surface area contributed by atoms with E-state index >= 15 is 0 Å². The van der Waals surface area contributed by atoms with E-state index in [2.05, 4.69) is 60.9 Å². The van der Waals surface area contributed by atoms with Crippen LogP contribution in [0.3, 0.4) is 0 Å². The Labute approximate surface area is 196 Å². The van der Waals surface area contributed by atoms with E-state index < -0.39 is 0 Å². The summed E-state index contributed by atoms with van der Waals surface area (Å²) in [6.07, 6.45) is 2.98. The number of H-pyrrole nitrogens is 1. The van der Waals surface area contributed by atoms with Gasteiger partial charge in [-0.15, -0.1) is 24.0 Å². The number of nitrogens with one attached hydrogen (secondary N) is 3. The van der Waals surface area contributed by atoms with Crippen molar-refractivity contribution in [1.29, 1.82) is 0 Å². The van der Waals surface area contributed by atoms with Crippen molar-refractivity contribution < 1.29 is 9.47 Å². The van der Waals surface area contributed by atoms with Gasteiger partial charge in [-0.2, -0.15) is 0 Å². The molecule has 0 aliphatic heterocycles. The van der Waals surface area contributed by atoms with Crippen LogP contribution in [0.4, 0.5) is 0 Å². The fraction of sp³-hybridized carbons (Fsp3) is 0.286. The number of ether oxygens (including phenoxy) is 2. The van der Waals surface area contributed by atoms with E-state index in [1.165, 1.54) is 16.5 Å². The van der Waals surface area contributed by atoms with Gasteiger partial charge in [0.15, 0.2) is 17.5 Å². The Hall–Kier alpha value is -1.94. The number of aliphatic imine (C=N–C) groups is 1. The predicted octanol–water partition coefficient (Wildman–Crippen LogP) is 4.47. The number of hydrogen-bond donors (Lipinski definition) is 3. The molecule has 1 heterocycles. The predicted molar refractivity (Wildman–Crippen MR) is 133 cm³/mol. The highest BCUT2D eigenvalue weighted by Crippen LogP contribution is 2.33. The molecule has 8 heteroatoms. The van der Waals surface area contributed by atoms with Crippen LogP contribution in [0.15, 0.2) is 52.1 Å². The molecule has 29 heavy (non-hydrogen) atoms. The summed E-state index contributed by atoms with van der Waals surface area (Å²) in [5.41, 5.74) is 3.51. The minimum absolute atomic E-state index is 0. The van der Waals surface area contributed by atoms with E-state index in [-0.39, 0.29) is 24.0 Å². The molecule has 0 saturated heterocycles. The molecule has 156 valence electrons. The molecule has 0 unspecified atom stereocenters. The van der Waals surface area contributed by atoms with Crippen molar-refractivity contribution in [3.8, 4) is 11.5 Å². The van der Waals surface area contributed by atoms with Gasteiger partial charge in [-0.1, -0.05) is 34.1 Å². The molecule has 3 rings (SSSR count). The summed E-state index contributed by atoms with van der Waals surface area (Å²) in [6, 6.07) is 12.2. The average molecular weight is 573 g/mol. The quantitative estimate of drug-likeness (QED) is 0.222. The molecule has 0 atom stereocenters. The lowest BCUT2D eigenvalue weighted by molar-refractivity contribution is 0.354. The highest BCUT2D eigenvalue weighted by atomic mass is 127. The second-order valence-corrected chi connectivity index (χ2v) is 7.11. The van der Waals surface area contributed by atoms with Gasteiger partial charge in [0.25, 0.3) is 0 Å². The van der Waals surface area contributed by atoms with Crippen molar-refractivity contribution >= 4 is 56.8 Å². The Kier molecular flexibility index (Phi) is 9.09. The lowest BCUT2D eigenvalue weighted by Crippen LogP contribution is -2.37. The van der Waals surface area contributed by atoms with Crippen LogP contribution in [-0.4, -0.2) is 38.8 Å². The van der Waals surface area contributed by atoms with Crippen molar-refractivity contribution in [2.24, 2.45) is 4.99 Å². The summed E-state index contributed by atoms with van der Waals surface area (Å²) in [7, 11) is 5.03. The van der Waals surface area contributed by atoms with Gasteiger partial charge in [0.05, 0.1) is 14.2 Å². The first-order valence-electron chi connectivity index (χ1n) is 9.06. The second-order valence-electron chi connectivity index (χ2n) is 6.26. The molecule has 2 aromatic carbocycles. The first-order valence-corrected chi connectivity index (χ1v) is 9.85. The van der Waals surface area contributed by atoms with E-state index in [9.17, 15) is 0 Å². The number of aromatic amines is 1. The van der Waals surface area contributed by atoms with Crippen molar-refractivity contribution in [3.63, 3.8) is 0 Å². The molecule has 3 aromatic rings. The van der Waals surface area contributed by atoms with Gasteiger partial charge in [0.1, 0.15) is 0 Å². The Morgan fingerprint density at radius 1 is 1.07 bits per heavy atom.